The second-order valence-corrected chi connectivity index (χ2v) is 3.86. The molecular weight excluding hydrogens is 382 g/mol. The summed E-state index contributed by atoms with van der Waals surface area (Å²) in [7, 11) is 0. The van der Waals surface area contributed by atoms with E-state index in [0.29, 0.717) is 6.20 Å². The lowest BCUT2D eigenvalue weighted by Gasteiger charge is -2.12. The summed E-state index contributed by atoms with van der Waals surface area (Å²) in [5, 5.41) is 10.5. The van der Waals surface area contributed by atoms with Gasteiger partial charge in [0.1, 0.15) is 11.9 Å². The molecule has 0 aliphatic carbocycles. The van der Waals surface area contributed by atoms with Crippen LogP contribution in [-0.2, 0) is 0 Å². The first-order valence-electron chi connectivity index (χ1n) is 4.00. The van der Waals surface area contributed by atoms with Gasteiger partial charge in [-0.3, -0.25) is 10.1 Å². The average Bonchev–Trinajstić information content (AvgIpc) is 2.17. The zero-order valence-corrected chi connectivity index (χ0v) is 10.2. The maximum absolute atomic E-state index is 12.4. The van der Waals surface area contributed by atoms with Crippen LogP contribution in [0.15, 0.2) is 6.20 Å². The Hall–Kier alpha value is -1.27. The second-order valence-electron chi connectivity index (χ2n) is 2.78. The molecule has 0 N–H and O–H groups in total. The van der Waals surface area contributed by atoms with Crippen molar-refractivity contribution < 1.29 is 31.6 Å². The van der Waals surface area contributed by atoms with Crippen molar-refractivity contribution >= 4 is 28.3 Å². The number of ether oxygens (including phenoxy) is 1. The van der Waals surface area contributed by atoms with Gasteiger partial charge in [0.15, 0.2) is 0 Å². The van der Waals surface area contributed by atoms with Gasteiger partial charge in [0.05, 0.1) is 8.49 Å². The fourth-order valence-corrected chi connectivity index (χ4v) is 1.73. The van der Waals surface area contributed by atoms with Gasteiger partial charge >= 0.3 is 12.0 Å². The van der Waals surface area contributed by atoms with E-state index in [4.69, 9.17) is 0 Å². The predicted molar refractivity (Wildman–Crippen MR) is 55.2 cm³/mol. The minimum Gasteiger partial charge on any atom is -0.397 e. The third-order valence-electron chi connectivity index (χ3n) is 1.60. The average molecular weight is 384 g/mol. The van der Waals surface area contributed by atoms with Crippen molar-refractivity contribution in [3.8, 4) is 5.75 Å². The van der Waals surface area contributed by atoms with Crippen LogP contribution in [0.5, 0.6) is 5.75 Å². The van der Waals surface area contributed by atoms with Crippen molar-refractivity contribution in [2.75, 3.05) is 0 Å². The molecule has 0 amide bonds. The van der Waals surface area contributed by atoms with E-state index in [1.54, 1.807) is 0 Å². The Balaban J connectivity index is 3.41. The van der Waals surface area contributed by atoms with Gasteiger partial charge in [-0.1, -0.05) is 0 Å². The third-order valence-corrected chi connectivity index (χ3v) is 2.65. The zero-order chi connectivity index (χ0) is 14.1. The molecule has 11 heteroatoms. The number of hydrogen-bond acceptors (Lipinski definition) is 4. The van der Waals surface area contributed by atoms with E-state index in [-0.39, 0.29) is 0 Å². The SMILES string of the molecule is O=[N+]([O-])c1cnc(C(F)F)c(I)c1OC(F)(F)F. The van der Waals surface area contributed by atoms with Crippen molar-refractivity contribution in [2.24, 2.45) is 0 Å². The Labute approximate surface area is 109 Å². The van der Waals surface area contributed by atoms with Crippen molar-refractivity contribution in [1.29, 1.82) is 0 Å². The molecule has 1 heterocycles. The van der Waals surface area contributed by atoms with E-state index >= 15 is 0 Å². The van der Waals surface area contributed by atoms with Gasteiger partial charge in [-0.15, -0.1) is 13.2 Å². The largest absolute Gasteiger partial charge is 0.573 e. The Morgan fingerprint density at radius 1 is 1.44 bits per heavy atom. The van der Waals surface area contributed by atoms with E-state index in [9.17, 15) is 32.1 Å². The first-order chi connectivity index (χ1) is 8.13. The van der Waals surface area contributed by atoms with Crippen LogP contribution < -0.4 is 4.74 Å². The van der Waals surface area contributed by atoms with Crippen LogP contribution in [0.4, 0.5) is 27.6 Å². The molecule has 18 heavy (non-hydrogen) atoms. The maximum atomic E-state index is 12.4. The topological polar surface area (TPSA) is 65.3 Å². The number of nitrogens with zero attached hydrogens (tertiary/aromatic N) is 2. The predicted octanol–water partition coefficient (Wildman–Crippen LogP) is 3.43. The van der Waals surface area contributed by atoms with Crippen molar-refractivity contribution in [1.82, 2.24) is 4.98 Å². The van der Waals surface area contributed by atoms with E-state index in [1.165, 1.54) is 0 Å². The zero-order valence-electron chi connectivity index (χ0n) is 8.04. The molecule has 0 aromatic carbocycles. The lowest BCUT2D eigenvalue weighted by atomic mass is 10.3. The third kappa shape index (κ3) is 3.36. The standard InChI is InChI=1S/C7H2F5IN2O3/c8-6(9)4-3(13)5(18-7(10,11)12)2(1-14-4)15(16)17/h1,6H. The number of alkyl halides is 5. The van der Waals surface area contributed by atoms with Gasteiger partial charge in [0, 0.05) is 0 Å². The van der Waals surface area contributed by atoms with Crippen molar-refractivity contribution in [2.45, 2.75) is 12.8 Å². The number of rotatable bonds is 3. The quantitative estimate of drug-likeness (QED) is 0.347. The van der Waals surface area contributed by atoms with Crippen LogP contribution in [0, 0.1) is 13.7 Å². The van der Waals surface area contributed by atoms with Crippen LogP contribution in [0.1, 0.15) is 12.1 Å². The van der Waals surface area contributed by atoms with Gasteiger partial charge in [0.25, 0.3) is 6.43 Å². The highest BCUT2D eigenvalue weighted by atomic mass is 127. The smallest absolute Gasteiger partial charge is 0.397 e. The summed E-state index contributed by atoms with van der Waals surface area (Å²) >= 11 is 1.08. The molecule has 1 rings (SSSR count). The summed E-state index contributed by atoms with van der Waals surface area (Å²) in [4.78, 5) is 12.3. The van der Waals surface area contributed by atoms with E-state index < -0.39 is 38.4 Å². The number of hydrogen-bond donors (Lipinski definition) is 0. The highest BCUT2D eigenvalue weighted by molar-refractivity contribution is 14.1. The van der Waals surface area contributed by atoms with Crippen molar-refractivity contribution in [3.63, 3.8) is 0 Å². The van der Waals surface area contributed by atoms with Crippen LogP contribution in [-0.4, -0.2) is 16.3 Å². The molecule has 0 aliphatic rings. The molecule has 0 bridgehead atoms. The molecule has 0 fully saturated rings. The van der Waals surface area contributed by atoms with E-state index in [1.807, 2.05) is 0 Å². The highest BCUT2D eigenvalue weighted by Crippen LogP contribution is 2.39. The number of aromatic nitrogens is 1. The van der Waals surface area contributed by atoms with Gasteiger partial charge in [-0.25, -0.2) is 13.8 Å². The number of pyridine rings is 1. The van der Waals surface area contributed by atoms with Gasteiger partial charge < -0.3 is 4.74 Å². The summed E-state index contributed by atoms with van der Waals surface area (Å²) < 4.78 is 63.6. The minimum absolute atomic E-state index is 0.296. The van der Waals surface area contributed by atoms with Crippen LogP contribution in [0.2, 0.25) is 0 Å². The lowest BCUT2D eigenvalue weighted by molar-refractivity contribution is -0.389. The molecule has 0 atom stereocenters. The van der Waals surface area contributed by atoms with Crippen LogP contribution >= 0.6 is 22.6 Å². The summed E-state index contributed by atoms with van der Waals surface area (Å²) in [5.41, 5.74) is -2.15. The van der Waals surface area contributed by atoms with Gasteiger partial charge in [0.2, 0.25) is 5.75 Å². The Kier molecular flexibility index (Phi) is 4.24. The lowest BCUT2D eigenvalue weighted by Crippen LogP contribution is -2.19. The fraction of sp³-hybridized carbons (Fsp3) is 0.286. The highest BCUT2D eigenvalue weighted by Gasteiger charge is 2.37. The molecule has 0 radical (unpaired) electrons. The maximum Gasteiger partial charge on any atom is 0.573 e. The molecule has 1 aromatic rings. The number of nitro groups is 1. The molecule has 0 saturated carbocycles. The molecular formula is C7H2F5IN2O3. The summed E-state index contributed by atoms with van der Waals surface area (Å²) in [6.07, 6.45) is -8.11. The molecule has 0 unspecified atom stereocenters. The molecule has 5 nitrogen and oxygen atoms in total. The summed E-state index contributed by atoms with van der Waals surface area (Å²) in [6.45, 7) is 0. The molecule has 100 valence electrons. The van der Waals surface area contributed by atoms with Crippen LogP contribution in [0.3, 0.4) is 0 Å². The molecule has 0 spiro atoms. The summed E-state index contributed by atoms with van der Waals surface area (Å²) in [6, 6.07) is 0. The fourth-order valence-electron chi connectivity index (χ4n) is 0.970. The normalized spacial score (nSPS) is 11.7. The molecule has 0 saturated heterocycles. The Morgan fingerprint density at radius 2 is 2.00 bits per heavy atom. The number of halogens is 6. The Bertz CT molecular complexity index is 479. The second kappa shape index (κ2) is 5.16. The summed E-state index contributed by atoms with van der Waals surface area (Å²) in [5.74, 6) is -1.29. The first kappa shape index (κ1) is 14.8. The van der Waals surface area contributed by atoms with E-state index in [2.05, 4.69) is 9.72 Å². The Morgan fingerprint density at radius 3 is 2.39 bits per heavy atom. The van der Waals surface area contributed by atoms with Gasteiger partial charge in [-0.05, 0) is 22.6 Å². The van der Waals surface area contributed by atoms with Gasteiger partial charge in [-0.2, -0.15) is 0 Å². The molecule has 0 aliphatic heterocycles. The van der Waals surface area contributed by atoms with Crippen LogP contribution in [0.25, 0.3) is 0 Å². The minimum atomic E-state index is -5.23. The molecule has 1 aromatic heterocycles. The first-order valence-corrected chi connectivity index (χ1v) is 5.08. The van der Waals surface area contributed by atoms with Crippen molar-refractivity contribution in [3.05, 3.63) is 25.6 Å². The monoisotopic (exact) mass is 384 g/mol. The van der Waals surface area contributed by atoms with E-state index in [0.717, 1.165) is 22.6 Å².